The molecule has 0 aliphatic carbocycles. The van der Waals surface area contributed by atoms with Crippen LogP contribution in [-0.4, -0.2) is 10.7 Å². The Morgan fingerprint density at radius 2 is 1.78 bits per heavy atom. The van der Waals surface area contributed by atoms with Gasteiger partial charge in [-0.25, -0.2) is 0 Å². The zero-order chi connectivity index (χ0) is 17.6. The fourth-order valence-electron chi connectivity index (χ4n) is 1.72. The summed E-state index contributed by atoms with van der Waals surface area (Å²) in [6.45, 7) is 5.24. The van der Waals surface area contributed by atoms with Crippen LogP contribution >= 0.6 is 11.6 Å². The first-order valence-electron chi connectivity index (χ1n) is 6.90. The zero-order valence-electron chi connectivity index (χ0n) is 13.0. The highest BCUT2D eigenvalue weighted by Crippen LogP contribution is 2.35. The van der Waals surface area contributed by atoms with Gasteiger partial charge in [0.25, 0.3) is 5.69 Å². The van der Waals surface area contributed by atoms with Crippen molar-refractivity contribution in [1.82, 2.24) is 0 Å². The Hall–Kier alpha value is -2.60. The van der Waals surface area contributed by atoms with Gasteiger partial charge in [0.15, 0.2) is 11.5 Å². The van der Waals surface area contributed by atoms with Crippen LogP contribution in [0.2, 0.25) is 5.02 Å². The topological polar surface area (TPSA) is 95.5 Å². The lowest BCUT2D eigenvalue weighted by atomic mass is 10.1. The first-order chi connectivity index (χ1) is 10.9. The number of nitrogens with zero attached hydrogens (tertiary/aromatic N) is 1. The Kier molecular flexibility index (Phi) is 6.53. The highest BCUT2D eigenvalue weighted by molar-refractivity contribution is 6.32. The van der Waals surface area contributed by atoms with Crippen LogP contribution in [0.1, 0.15) is 31.1 Å². The predicted octanol–water partition coefficient (Wildman–Crippen LogP) is 4.85. The van der Waals surface area contributed by atoms with E-state index in [4.69, 9.17) is 22.1 Å². The third-order valence-electron chi connectivity index (χ3n) is 2.73. The number of nitrogen functional groups attached to an aromatic ring is 1. The molecule has 0 aromatic heterocycles. The molecule has 0 radical (unpaired) electrons. The fourth-order valence-corrected chi connectivity index (χ4v) is 1.92. The van der Waals surface area contributed by atoms with E-state index in [1.165, 1.54) is 13.0 Å². The van der Waals surface area contributed by atoms with Crippen molar-refractivity contribution in [1.29, 1.82) is 0 Å². The maximum absolute atomic E-state index is 11.4. The molecule has 0 aliphatic rings. The largest absolute Gasteiger partial charge is 0.456 e. The van der Waals surface area contributed by atoms with E-state index < -0.39 is 10.7 Å². The second kappa shape index (κ2) is 8.14. The average Bonchev–Trinajstić information content (AvgIpc) is 2.52. The molecule has 0 amide bonds. The van der Waals surface area contributed by atoms with Gasteiger partial charge in [-0.1, -0.05) is 25.4 Å². The molecule has 0 spiro atoms. The van der Waals surface area contributed by atoms with Crippen molar-refractivity contribution >= 4 is 28.8 Å². The van der Waals surface area contributed by atoms with E-state index in [1.807, 2.05) is 13.8 Å². The molecule has 2 N–H and O–H groups in total. The van der Waals surface area contributed by atoms with Gasteiger partial charge in [0, 0.05) is 5.69 Å². The van der Waals surface area contributed by atoms with Gasteiger partial charge >= 0.3 is 0 Å². The van der Waals surface area contributed by atoms with Crippen molar-refractivity contribution in [2.45, 2.75) is 20.8 Å². The SMILES string of the molecule is CC.CC(=O)c1cc(Cl)c(Oc2ccc(N)cc2)cc1[N+](=O)[O-]. The Balaban J connectivity index is 0.00000127. The third kappa shape index (κ3) is 4.69. The normalized spacial score (nSPS) is 9.57. The van der Waals surface area contributed by atoms with E-state index in [1.54, 1.807) is 24.3 Å². The molecule has 0 fully saturated rings. The molecule has 0 atom stereocenters. The lowest BCUT2D eigenvalue weighted by Gasteiger charge is -2.09. The number of Topliss-reactive ketones (excluding diaryl/α,β-unsaturated/α-hetero) is 1. The third-order valence-corrected chi connectivity index (χ3v) is 3.03. The maximum Gasteiger partial charge on any atom is 0.284 e. The van der Waals surface area contributed by atoms with Crippen LogP contribution in [-0.2, 0) is 0 Å². The number of carbonyl (C=O) groups is 1. The molecule has 23 heavy (non-hydrogen) atoms. The van der Waals surface area contributed by atoms with Gasteiger partial charge in [0.2, 0.25) is 0 Å². The van der Waals surface area contributed by atoms with Gasteiger partial charge in [-0.2, -0.15) is 0 Å². The Morgan fingerprint density at radius 1 is 1.22 bits per heavy atom. The predicted molar refractivity (Wildman–Crippen MR) is 90.4 cm³/mol. The highest BCUT2D eigenvalue weighted by Gasteiger charge is 2.21. The van der Waals surface area contributed by atoms with E-state index in [0.717, 1.165) is 6.07 Å². The van der Waals surface area contributed by atoms with Crippen molar-refractivity contribution in [3.05, 3.63) is 57.1 Å². The van der Waals surface area contributed by atoms with Crippen molar-refractivity contribution in [2.24, 2.45) is 0 Å². The van der Waals surface area contributed by atoms with Crippen molar-refractivity contribution in [2.75, 3.05) is 5.73 Å². The Bertz CT molecular complexity index is 715. The maximum atomic E-state index is 11.4. The lowest BCUT2D eigenvalue weighted by molar-refractivity contribution is -0.385. The zero-order valence-corrected chi connectivity index (χ0v) is 13.8. The highest BCUT2D eigenvalue weighted by atomic mass is 35.5. The minimum atomic E-state index is -0.650. The first-order valence-corrected chi connectivity index (χ1v) is 7.28. The molecule has 0 saturated carbocycles. The summed E-state index contributed by atoms with van der Waals surface area (Å²) in [6, 6.07) is 8.83. The second-order valence-electron chi connectivity index (χ2n) is 4.28. The van der Waals surface area contributed by atoms with E-state index >= 15 is 0 Å². The van der Waals surface area contributed by atoms with Gasteiger partial charge in [-0.05, 0) is 37.3 Å². The molecule has 2 aromatic rings. The Labute approximate surface area is 139 Å². The number of halogens is 1. The summed E-state index contributed by atoms with van der Waals surface area (Å²) in [4.78, 5) is 21.8. The average molecular weight is 337 g/mol. The number of hydrogen-bond acceptors (Lipinski definition) is 5. The van der Waals surface area contributed by atoms with E-state index in [-0.39, 0.29) is 22.0 Å². The number of nitrogens with two attached hydrogens (primary N) is 1. The van der Waals surface area contributed by atoms with Gasteiger partial charge in [0.1, 0.15) is 5.75 Å². The minimum absolute atomic E-state index is 0.0605. The summed E-state index contributed by atoms with van der Waals surface area (Å²) in [7, 11) is 0. The lowest BCUT2D eigenvalue weighted by Crippen LogP contribution is -2.01. The first kappa shape index (κ1) is 18.4. The van der Waals surface area contributed by atoms with Crippen LogP contribution in [0.4, 0.5) is 11.4 Å². The van der Waals surface area contributed by atoms with Crippen LogP contribution in [0.15, 0.2) is 36.4 Å². The molecule has 6 nitrogen and oxygen atoms in total. The standard InChI is InChI=1S/C14H11ClN2O4.C2H6/c1-8(18)11-6-12(15)14(7-13(11)17(19)20)21-10-4-2-9(16)3-5-10;1-2/h2-7H,16H2,1H3;1-2H3. The summed E-state index contributed by atoms with van der Waals surface area (Å²) in [5, 5.41) is 11.1. The molecule has 0 bridgehead atoms. The van der Waals surface area contributed by atoms with Crippen molar-refractivity contribution < 1.29 is 14.5 Å². The number of anilines is 1. The van der Waals surface area contributed by atoms with Crippen LogP contribution in [0.25, 0.3) is 0 Å². The number of nitro groups is 1. The number of carbonyl (C=O) groups excluding carboxylic acids is 1. The summed E-state index contributed by atoms with van der Waals surface area (Å²) in [6.07, 6.45) is 0. The van der Waals surface area contributed by atoms with Crippen LogP contribution in [0.3, 0.4) is 0 Å². The number of rotatable bonds is 4. The van der Waals surface area contributed by atoms with Crippen molar-refractivity contribution in [3.63, 3.8) is 0 Å². The summed E-state index contributed by atoms with van der Waals surface area (Å²) >= 11 is 6.01. The molecule has 0 unspecified atom stereocenters. The van der Waals surface area contributed by atoms with Crippen LogP contribution < -0.4 is 10.5 Å². The molecule has 0 heterocycles. The van der Waals surface area contributed by atoms with E-state index in [9.17, 15) is 14.9 Å². The molecular weight excluding hydrogens is 320 g/mol. The number of ether oxygens (including phenoxy) is 1. The minimum Gasteiger partial charge on any atom is -0.456 e. The van der Waals surface area contributed by atoms with Gasteiger partial charge in [-0.15, -0.1) is 0 Å². The fraction of sp³-hybridized carbons (Fsp3) is 0.188. The molecule has 0 aliphatic heterocycles. The van der Waals surface area contributed by atoms with Gasteiger partial charge < -0.3 is 10.5 Å². The van der Waals surface area contributed by atoms with Crippen molar-refractivity contribution in [3.8, 4) is 11.5 Å². The van der Waals surface area contributed by atoms with E-state index in [0.29, 0.717) is 11.4 Å². The number of nitro benzene ring substituents is 1. The monoisotopic (exact) mass is 336 g/mol. The smallest absolute Gasteiger partial charge is 0.284 e. The molecule has 122 valence electrons. The number of benzene rings is 2. The Morgan fingerprint density at radius 3 is 2.26 bits per heavy atom. The second-order valence-corrected chi connectivity index (χ2v) is 4.69. The summed E-state index contributed by atoms with van der Waals surface area (Å²) in [5.74, 6) is 0.0803. The molecular formula is C16H17ClN2O4. The van der Waals surface area contributed by atoms with Gasteiger partial charge in [-0.3, -0.25) is 14.9 Å². The summed E-state index contributed by atoms with van der Waals surface area (Å²) in [5.41, 5.74) is 5.71. The number of hydrogen-bond donors (Lipinski definition) is 1. The molecule has 2 aromatic carbocycles. The molecule has 0 saturated heterocycles. The quantitative estimate of drug-likeness (QED) is 0.372. The van der Waals surface area contributed by atoms with Gasteiger partial charge in [0.05, 0.1) is 21.6 Å². The van der Waals surface area contributed by atoms with Crippen LogP contribution in [0, 0.1) is 10.1 Å². The number of ketones is 1. The molecule has 2 rings (SSSR count). The molecule has 7 heteroatoms. The summed E-state index contributed by atoms with van der Waals surface area (Å²) < 4.78 is 5.49. The van der Waals surface area contributed by atoms with Crippen LogP contribution in [0.5, 0.6) is 11.5 Å². The van der Waals surface area contributed by atoms with E-state index in [2.05, 4.69) is 0 Å².